The van der Waals surface area contributed by atoms with Crippen molar-refractivity contribution in [3.8, 4) is 5.75 Å². The van der Waals surface area contributed by atoms with Gasteiger partial charge in [0.25, 0.3) is 10.0 Å². The second-order valence-electron chi connectivity index (χ2n) is 4.31. The molecular formula is C13H14N2O5S. The minimum Gasteiger partial charge on any atom is -0.497 e. The molecule has 0 bridgehead atoms. The van der Waals surface area contributed by atoms with Gasteiger partial charge in [-0.25, -0.2) is 13.2 Å². The van der Waals surface area contributed by atoms with Gasteiger partial charge in [-0.2, -0.15) is 0 Å². The Bertz CT molecular complexity index is 780. The SMILES string of the molecule is COc1cccc(NS(=O)(=O)c2cc(C(=O)O)n(C)c2)c1. The van der Waals surface area contributed by atoms with Crippen LogP contribution in [0.25, 0.3) is 0 Å². The van der Waals surface area contributed by atoms with Gasteiger partial charge < -0.3 is 14.4 Å². The summed E-state index contributed by atoms with van der Waals surface area (Å²) in [6.07, 6.45) is 1.24. The molecular weight excluding hydrogens is 296 g/mol. The van der Waals surface area contributed by atoms with Crippen molar-refractivity contribution < 1.29 is 23.1 Å². The summed E-state index contributed by atoms with van der Waals surface area (Å²) in [5.74, 6) is -0.685. The summed E-state index contributed by atoms with van der Waals surface area (Å²) in [6, 6.07) is 7.53. The number of carboxylic acid groups (broad SMARTS) is 1. The van der Waals surface area contributed by atoms with Gasteiger partial charge in [0.15, 0.2) is 0 Å². The molecule has 21 heavy (non-hydrogen) atoms. The third kappa shape index (κ3) is 3.16. The van der Waals surface area contributed by atoms with Gasteiger partial charge in [-0.3, -0.25) is 4.72 Å². The van der Waals surface area contributed by atoms with E-state index in [1.807, 2.05) is 0 Å². The van der Waals surface area contributed by atoms with Crippen LogP contribution in [0.5, 0.6) is 5.75 Å². The Kier molecular flexibility index (Phi) is 3.90. The first kappa shape index (κ1) is 14.9. The van der Waals surface area contributed by atoms with Gasteiger partial charge in [-0.1, -0.05) is 6.07 Å². The van der Waals surface area contributed by atoms with E-state index in [2.05, 4.69) is 4.72 Å². The van der Waals surface area contributed by atoms with Gasteiger partial charge in [-0.15, -0.1) is 0 Å². The molecule has 7 nitrogen and oxygen atoms in total. The molecule has 2 aromatic rings. The normalized spacial score (nSPS) is 11.1. The minimum atomic E-state index is -3.86. The van der Waals surface area contributed by atoms with Crippen LogP contribution in [0, 0.1) is 0 Å². The molecule has 0 aliphatic heterocycles. The molecule has 0 radical (unpaired) electrons. The molecule has 1 heterocycles. The fraction of sp³-hybridized carbons (Fsp3) is 0.154. The number of hydrogen-bond acceptors (Lipinski definition) is 4. The van der Waals surface area contributed by atoms with Gasteiger partial charge in [-0.05, 0) is 18.2 Å². The third-order valence-electron chi connectivity index (χ3n) is 2.83. The maximum absolute atomic E-state index is 12.2. The average molecular weight is 310 g/mol. The van der Waals surface area contributed by atoms with Crippen LogP contribution in [0.15, 0.2) is 41.4 Å². The summed E-state index contributed by atoms with van der Waals surface area (Å²) in [6.45, 7) is 0. The van der Waals surface area contributed by atoms with Crippen LogP contribution in [-0.2, 0) is 17.1 Å². The van der Waals surface area contributed by atoms with Gasteiger partial charge in [0.05, 0.1) is 12.8 Å². The minimum absolute atomic E-state index is 0.110. The molecule has 0 saturated carbocycles. The molecule has 2 N–H and O–H groups in total. The molecule has 0 atom stereocenters. The number of anilines is 1. The molecule has 0 amide bonds. The lowest BCUT2D eigenvalue weighted by molar-refractivity contribution is 0.0686. The Morgan fingerprint density at radius 2 is 2.05 bits per heavy atom. The number of sulfonamides is 1. The van der Waals surface area contributed by atoms with E-state index >= 15 is 0 Å². The zero-order valence-corrected chi connectivity index (χ0v) is 12.2. The van der Waals surface area contributed by atoms with Crippen molar-refractivity contribution in [2.24, 2.45) is 7.05 Å². The van der Waals surface area contributed by atoms with Crippen LogP contribution in [-0.4, -0.2) is 31.2 Å². The maximum Gasteiger partial charge on any atom is 0.352 e. The second kappa shape index (κ2) is 5.49. The number of aromatic carboxylic acids is 1. The van der Waals surface area contributed by atoms with Gasteiger partial charge >= 0.3 is 5.97 Å². The van der Waals surface area contributed by atoms with Gasteiger partial charge in [0, 0.05) is 19.3 Å². The van der Waals surface area contributed by atoms with E-state index in [9.17, 15) is 13.2 Å². The van der Waals surface area contributed by atoms with E-state index in [0.717, 1.165) is 6.07 Å². The number of nitrogens with one attached hydrogen (secondary N) is 1. The van der Waals surface area contributed by atoms with E-state index in [1.54, 1.807) is 18.2 Å². The number of carbonyl (C=O) groups is 1. The van der Waals surface area contributed by atoms with E-state index in [0.29, 0.717) is 11.4 Å². The number of carboxylic acids is 1. The van der Waals surface area contributed by atoms with Crippen LogP contribution in [0.4, 0.5) is 5.69 Å². The van der Waals surface area contributed by atoms with Crippen molar-refractivity contribution in [2.75, 3.05) is 11.8 Å². The average Bonchev–Trinajstić information content (AvgIpc) is 2.81. The van der Waals surface area contributed by atoms with Crippen LogP contribution < -0.4 is 9.46 Å². The highest BCUT2D eigenvalue weighted by Crippen LogP contribution is 2.21. The lowest BCUT2D eigenvalue weighted by Gasteiger charge is -2.07. The first-order valence-corrected chi connectivity index (χ1v) is 7.38. The standard InChI is InChI=1S/C13H14N2O5S/c1-15-8-11(7-12(15)13(16)17)21(18,19)14-9-4-3-5-10(6-9)20-2/h3-8,14H,1-2H3,(H,16,17). The summed E-state index contributed by atoms with van der Waals surface area (Å²) in [4.78, 5) is 10.8. The highest BCUT2D eigenvalue weighted by atomic mass is 32.2. The highest BCUT2D eigenvalue weighted by molar-refractivity contribution is 7.92. The number of methoxy groups -OCH3 is 1. The largest absolute Gasteiger partial charge is 0.497 e. The Hall–Kier alpha value is -2.48. The summed E-state index contributed by atoms with van der Waals surface area (Å²) in [5, 5.41) is 8.95. The number of hydrogen-bond donors (Lipinski definition) is 2. The quantitative estimate of drug-likeness (QED) is 0.873. The smallest absolute Gasteiger partial charge is 0.352 e. The number of nitrogens with zero attached hydrogens (tertiary/aromatic N) is 1. The molecule has 1 aromatic carbocycles. The lowest BCUT2D eigenvalue weighted by atomic mass is 10.3. The van der Waals surface area contributed by atoms with Gasteiger partial charge in [0.2, 0.25) is 0 Å². The zero-order chi connectivity index (χ0) is 15.6. The number of aromatic nitrogens is 1. The van der Waals surface area contributed by atoms with Crippen molar-refractivity contribution in [3.63, 3.8) is 0 Å². The molecule has 1 aromatic heterocycles. The molecule has 2 rings (SSSR count). The predicted octanol–water partition coefficient (Wildman–Crippen LogP) is 1.53. The molecule has 112 valence electrons. The first-order chi connectivity index (χ1) is 9.83. The highest BCUT2D eigenvalue weighted by Gasteiger charge is 2.20. The fourth-order valence-corrected chi connectivity index (χ4v) is 2.91. The molecule has 8 heteroatoms. The molecule has 0 aliphatic rings. The Labute approximate surface area is 121 Å². The van der Waals surface area contributed by atoms with E-state index < -0.39 is 16.0 Å². The van der Waals surface area contributed by atoms with Crippen LogP contribution in [0.2, 0.25) is 0 Å². The summed E-state index contributed by atoms with van der Waals surface area (Å²) in [5.41, 5.74) is 0.219. The molecule has 0 aliphatic carbocycles. The maximum atomic E-state index is 12.2. The summed E-state index contributed by atoms with van der Waals surface area (Å²) < 4.78 is 33.1. The van der Waals surface area contributed by atoms with Crippen LogP contribution in [0.3, 0.4) is 0 Å². The van der Waals surface area contributed by atoms with Crippen molar-refractivity contribution >= 4 is 21.7 Å². The second-order valence-corrected chi connectivity index (χ2v) is 6.00. The van der Waals surface area contributed by atoms with Crippen molar-refractivity contribution in [1.29, 1.82) is 0 Å². The van der Waals surface area contributed by atoms with E-state index in [4.69, 9.17) is 9.84 Å². The lowest BCUT2D eigenvalue weighted by Crippen LogP contribution is -2.12. The first-order valence-electron chi connectivity index (χ1n) is 5.90. The van der Waals surface area contributed by atoms with E-state index in [1.165, 1.54) is 31.0 Å². The number of aryl methyl sites for hydroxylation is 1. The van der Waals surface area contributed by atoms with Crippen molar-refractivity contribution in [1.82, 2.24) is 4.57 Å². The molecule has 0 unspecified atom stereocenters. The molecule has 0 spiro atoms. The van der Waals surface area contributed by atoms with Crippen LogP contribution in [0.1, 0.15) is 10.5 Å². The number of ether oxygens (including phenoxy) is 1. The van der Waals surface area contributed by atoms with Crippen LogP contribution >= 0.6 is 0 Å². The number of rotatable bonds is 5. The number of benzene rings is 1. The fourth-order valence-electron chi connectivity index (χ4n) is 1.79. The van der Waals surface area contributed by atoms with Gasteiger partial charge in [0.1, 0.15) is 16.3 Å². The molecule has 0 saturated heterocycles. The monoisotopic (exact) mass is 310 g/mol. The Morgan fingerprint density at radius 1 is 1.33 bits per heavy atom. The summed E-state index contributed by atoms with van der Waals surface area (Å²) in [7, 11) is -0.921. The Balaban J connectivity index is 2.34. The van der Waals surface area contributed by atoms with Crippen molar-refractivity contribution in [2.45, 2.75) is 4.90 Å². The predicted molar refractivity (Wildman–Crippen MR) is 76.2 cm³/mol. The topological polar surface area (TPSA) is 97.6 Å². The summed E-state index contributed by atoms with van der Waals surface area (Å²) >= 11 is 0. The third-order valence-corrected chi connectivity index (χ3v) is 4.18. The zero-order valence-electron chi connectivity index (χ0n) is 11.4. The Morgan fingerprint density at radius 3 is 2.62 bits per heavy atom. The molecule has 0 fully saturated rings. The van der Waals surface area contributed by atoms with E-state index in [-0.39, 0.29) is 10.6 Å². The van der Waals surface area contributed by atoms with Crippen molar-refractivity contribution in [3.05, 3.63) is 42.2 Å².